The molecule has 0 bridgehead atoms. The molecule has 3 nitrogen and oxygen atoms in total. The van der Waals surface area contributed by atoms with Crippen molar-refractivity contribution in [2.24, 2.45) is 5.92 Å². The zero-order valence-corrected chi connectivity index (χ0v) is 10.7. The first-order valence-electron chi connectivity index (χ1n) is 6.46. The maximum absolute atomic E-state index is 13.4. The Kier molecular flexibility index (Phi) is 3.84. The summed E-state index contributed by atoms with van der Waals surface area (Å²) in [6.07, 6.45) is 3.31. The van der Waals surface area contributed by atoms with Crippen LogP contribution in [0.1, 0.15) is 36.5 Å². The van der Waals surface area contributed by atoms with Gasteiger partial charge >= 0.3 is 0 Å². The minimum atomic E-state index is -0.524. The third kappa shape index (κ3) is 3.00. The summed E-state index contributed by atoms with van der Waals surface area (Å²) in [5.74, 6) is 0.0190. The van der Waals surface area contributed by atoms with Crippen molar-refractivity contribution in [1.82, 2.24) is 4.90 Å². The number of amides is 1. The monoisotopic (exact) mass is 250 g/mol. The highest BCUT2D eigenvalue weighted by Crippen LogP contribution is 2.30. The molecule has 1 saturated carbocycles. The van der Waals surface area contributed by atoms with Crippen LogP contribution in [0.4, 0.5) is 10.1 Å². The summed E-state index contributed by atoms with van der Waals surface area (Å²) in [7, 11) is 0. The lowest BCUT2D eigenvalue weighted by atomic mass is 10.1. The first kappa shape index (κ1) is 12.9. The molecule has 98 valence electrons. The molecule has 1 aliphatic carbocycles. The number of nitrogen functional groups attached to an aromatic ring is 1. The highest BCUT2D eigenvalue weighted by Gasteiger charge is 2.27. The molecule has 0 heterocycles. The van der Waals surface area contributed by atoms with Gasteiger partial charge in [0.15, 0.2) is 0 Å². The molecule has 0 aliphatic heterocycles. The number of hydrogen-bond acceptors (Lipinski definition) is 2. The third-order valence-corrected chi connectivity index (χ3v) is 3.20. The van der Waals surface area contributed by atoms with Crippen molar-refractivity contribution < 1.29 is 9.18 Å². The Morgan fingerprint density at radius 1 is 1.50 bits per heavy atom. The summed E-state index contributed by atoms with van der Waals surface area (Å²) < 4.78 is 13.4. The van der Waals surface area contributed by atoms with Crippen LogP contribution >= 0.6 is 0 Å². The Balaban J connectivity index is 2.12. The zero-order chi connectivity index (χ0) is 13.1. The van der Waals surface area contributed by atoms with Crippen molar-refractivity contribution in [3.63, 3.8) is 0 Å². The van der Waals surface area contributed by atoms with E-state index in [1.54, 1.807) is 6.07 Å². The average Bonchev–Trinajstić information content (AvgIpc) is 3.15. The quantitative estimate of drug-likeness (QED) is 0.817. The van der Waals surface area contributed by atoms with E-state index < -0.39 is 5.82 Å². The van der Waals surface area contributed by atoms with E-state index in [1.165, 1.54) is 25.0 Å². The topological polar surface area (TPSA) is 46.3 Å². The van der Waals surface area contributed by atoms with E-state index in [4.69, 9.17) is 5.73 Å². The molecule has 1 aromatic carbocycles. The molecule has 0 radical (unpaired) electrons. The van der Waals surface area contributed by atoms with E-state index in [9.17, 15) is 9.18 Å². The van der Waals surface area contributed by atoms with Gasteiger partial charge in [-0.3, -0.25) is 4.79 Å². The highest BCUT2D eigenvalue weighted by molar-refractivity contribution is 5.94. The van der Waals surface area contributed by atoms with E-state index in [0.29, 0.717) is 11.5 Å². The van der Waals surface area contributed by atoms with Gasteiger partial charge < -0.3 is 10.6 Å². The number of benzene rings is 1. The maximum atomic E-state index is 13.4. The lowest BCUT2D eigenvalue weighted by Crippen LogP contribution is -2.33. The number of nitrogens with zero attached hydrogens (tertiary/aromatic N) is 1. The van der Waals surface area contributed by atoms with E-state index in [1.807, 2.05) is 11.8 Å². The second kappa shape index (κ2) is 5.38. The molecule has 0 unspecified atom stereocenters. The molecule has 0 aromatic heterocycles. The van der Waals surface area contributed by atoms with Crippen LogP contribution in [0.3, 0.4) is 0 Å². The fourth-order valence-corrected chi connectivity index (χ4v) is 2.00. The number of hydrogen-bond donors (Lipinski definition) is 1. The molecule has 0 spiro atoms. The molecule has 2 N–H and O–H groups in total. The van der Waals surface area contributed by atoms with Crippen LogP contribution in [0.15, 0.2) is 18.2 Å². The number of anilines is 1. The van der Waals surface area contributed by atoms with E-state index in [-0.39, 0.29) is 11.6 Å². The van der Waals surface area contributed by atoms with Gasteiger partial charge in [-0.05, 0) is 43.4 Å². The lowest BCUT2D eigenvalue weighted by molar-refractivity contribution is 0.0747. The van der Waals surface area contributed by atoms with Crippen LogP contribution in [0.5, 0.6) is 0 Å². The van der Waals surface area contributed by atoms with Crippen molar-refractivity contribution in [1.29, 1.82) is 0 Å². The minimum absolute atomic E-state index is 0.0794. The maximum Gasteiger partial charge on any atom is 0.253 e. The van der Waals surface area contributed by atoms with Crippen molar-refractivity contribution in [2.45, 2.75) is 26.2 Å². The summed E-state index contributed by atoms with van der Waals surface area (Å²) in [4.78, 5) is 14.1. The normalized spacial score (nSPS) is 14.6. The Morgan fingerprint density at radius 3 is 2.78 bits per heavy atom. The number of carbonyl (C=O) groups is 1. The van der Waals surface area contributed by atoms with Crippen LogP contribution < -0.4 is 5.73 Å². The summed E-state index contributed by atoms with van der Waals surface area (Å²) in [5.41, 5.74) is 5.88. The second-order valence-corrected chi connectivity index (χ2v) is 4.93. The predicted octanol–water partition coefficient (Wildman–Crippen LogP) is 2.67. The van der Waals surface area contributed by atoms with Crippen molar-refractivity contribution in [2.75, 3.05) is 18.8 Å². The number of nitrogens with two attached hydrogens (primary N) is 1. The molecular formula is C14H19FN2O. The van der Waals surface area contributed by atoms with Crippen LogP contribution in [-0.2, 0) is 0 Å². The molecule has 0 saturated heterocycles. The van der Waals surface area contributed by atoms with Crippen LogP contribution in [-0.4, -0.2) is 23.9 Å². The van der Waals surface area contributed by atoms with Crippen molar-refractivity contribution >= 4 is 11.6 Å². The van der Waals surface area contributed by atoms with Gasteiger partial charge in [0, 0.05) is 18.7 Å². The Bertz CT molecular complexity index is 443. The van der Waals surface area contributed by atoms with Gasteiger partial charge in [0.2, 0.25) is 0 Å². The molecule has 18 heavy (non-hydrogen) atoms. The number of rotatable bonds is 5. The molecule has 2 rings (SSSR count). The number of carbonyl (C=O) groups excluding carboxylic acids is 1. The van der Waals surface area contributed by atoms with Gasteiger partial charge in [0.05, 0.1) is 5.69 Å². The summed E-state index contributed by atoms with van der Waals surface area (Å²) in [6, 6.07) is 4.27. The molecule has 1 fully saturated rings. The fraction of sp³-hybridized carbons (Fsp3) is 0.500. The average molecular weight is 250 g/mol. The molecule has 1 aliphatic rings. The van der Waals surface area contributed by atoms with Gasteiger partial charge in [0.1, 0.15) is 5.82 Å². The van der Waals surface area contributed by atoms with Gasteiger partial charge in [-0.2, -0.15) is 0 Å². The van der Waals surface area contributed by atoms with E-state index >= 15 is 0 Å². The molecule has 1 amide bonds. The van der Waals surface area contributed by atoms with E-state index in [0.717, 1.165) is 19.5 Å². The standard InChI is InChI=1S/C14H19FN2O/c1-2-7-17(9-10-3-4-10)14(18)11-5-6-13(16)12(15)8-11/h5-6,8,10H,2-4,7,9,16H2,1H3. The molecule has 1 aromatic rings. The molecule has 0 atom stereocenters. The van der Waals surface area contributed by atoms with E-state index in [2.05, 4.69) is 0 Å². The predicted molar refractivity (Wildman–Crippen MR) is 69.7 cm³/mol. The first-order chi connectivity index (χ1) is 8.61. The highest BCUT2D eigenvalue weighted by atomic mass is 19.1. The Labute approximate surface area is 107 Å². The van der Waals surface area contributed by atoms with Gasteiger partial charge in [0.25, 0.3) is 5.91 Å². The third-order valence-electron chi connectivity index (χ3n) is 3.20. The lowest BCUT2D eigenvalue weighted by Gasteiger charge is -2.22. The van der Waals surface area contributed by atoms with Gasteiger partial charge in [-0.1, -0.05) is 6.92 Å². The molecule has 4 heteroatoms. The summed E-state index contributed by atoms with van der Waals surface area (Å²) in [6.45, 7) is 3.55. The smallest absolute Gasteiger partial charge is 0.253 e. The first-order valence-corrected chi connectivity index (χ1v) is 6.46. The number of halogens is 1. The zero-order valence-electron chi connectivity index (χ0n) is 10.7. The van der Waals surface area contributed by atoms with Crippen LogP contribution in [0.2, 0.25) is 0 Å². The summed E-state index contributed by atoms with van der Waals surface area (Å²) in [5, 5.41) is 0. The fourth-order valence-electron chi connectivity index (χ4n) is 2.00. The Hall–Kier alpha value is -1.58. The minimum Gasteiger partial charge on any atom is -0.396 e. The van der Waals surface area contributed by atoms with Crippen molar-refractivity contribution in [3.05, 3.63) is 29.6 Å². The Morgan fingerprint density at radius 2 is 2.22 bits per heavy atom. The second-order valence-electron chi connectivity index (χ2n) is 4.93. The van der Waals surface area contributed by atoms with Gasteiger partial charge in [-0.25, -0.2) is 4.39 Å². The van der Waals surface area contributed by atoms with Crippen LogP contribution in [0, 0.1) is 11.7 Å². The molecular weight excluding hydrogens is 231 g/mol. The van der Waals surface area contributed by atoms with Gasteiger partial charge in [-0.15, -0.1) is 0 Å². The van der Waals surface area contributed by atoms with Crippen molar-refractivity contribution in [3.8, 4) is 0 Å². The largest absolute Gasteiger partial charge is 0.396 e. The summed E-state index contributed by atoms with van der Waals surface area (Å²) >= 11 is 0. The van der Waals surface area contributed by atoms with Crippen LogP contribution in [0.25, 0.3) is 0 Å². The SMILES string of the molecule is CCCN(CC1CC1)C(=O)c1ccc(N)c(F)c1.